The van der Waals surface area contributed by atoms with Gasteiger partial charge in [0.1, 0.15) is 11.7 Å². The predicted molar refractivity (Wildman–Crippen MR) is 81.9 cm³/mol. The predicted octanol–water partition coefficient (Wildman–Crippen LogP) is 4.05. The van der Waals surface area contributed by atoms with Crippen molar-refractivity contribution in [2.24, 2.45) is 0 Å². The van der Waals surface area contributed by atoms with Crippen LogP contribution in [0.15, 0.2) is 60.7 Å². The van der Waals surface area contributed by atoms with Crippen LogP contribution < -0.4 is 0 Å². The molecule has 2 aromatic rings. The Labute approximate surface area is 125 Å². The van der Waals surface area contributed by atoms with Crippen LogP contribution in [0.1, 0.15) is 30.4 Å². The molecule has 0 unspecified atom stereocenters. The summed E-state index contributed by atoms with van der Waals surface area (Å²) in [5.74, 6) is 0. The topological polar surface area (TPSA) is 21.8 Å². The fraction of sp³-hybridized carbons (Fsp3) is 0.368. The molecule has 2 aliphatic rings. The van der Waals surface area contributed by atoms with Crippen LogP contribution in [-0.4, -0.2) is 12.2 Å². The van der Waals surface area contributed by atoms with Gasteiger partial charge in [-0.15, -0.1) is 0 Å². The zero-order valence-corrected chi connectivity index (χ0v) is 12.1. The van der Waals surface area contributed by atoms with Crippen LogP contribution in [-0.2, 0) is 21.7 Å². The Kier molecular flexibility index (Phi) is 3.28. The molecule has 2 aromatic carbocycles. The van der Waals surface area contributed by atoms with Gasteiger partial charge < -0.3 is 9.47 Å². The number of hydrogen-bond acceptors (Lipinski definition) is 2. The van der Waals surface area contributed by atoms with Crippen molar-refractivity contribution in [3.63, 3.8) is 0 Å². The van der Waals surface area contributed by atoms with Crippen molar-refractivity contribution < 1.29 is 9.47 Å². The molecule has 4 rings (SSSR count). The molecule has 108 valence electrons. The lowest BCUT2D eigenvalue weighted by atomic mass is 9.82. The monoisotopic (exact) mass is 280 g/mol. The molecule has 2 heteroatoms. The first kappa shape index (κ1) is 13.1. The molecule has 2 fully saturated rings. The fourth-order valence-corrected chi connectivity index (χ4v) is 3.53. The molecule has 0 radical (unpaired) electrons. The van der Waals surface area contributed by atoms with E-state index in [1.165, 1.54) is 17.5 Å². The van der Waals surface area contributed by atoms with Gasteiger partial charge in [0.15, 0.2) is 0 Å². The van der Waals surface area contributed by atoms with Crippen molar-refractivity contribution >= 4 is 0 Å². The highest BCUT2D eigenvalue weighted by molar-refractivity contribution is 5.31. The second kappa shape index (κ2) is 5.28. The Balaban J connectivity index is 1.45. The molecule has 1 saturated heterocycles. The van der Waals surface area contributed by atoms with Crippen molar-refractivity contribution in [1.82, 2.24) is 0 Å². The van der Waals surface area contributed by atoms with Crippen LogP contribution >= 0.6 is 0 Å². The standard InChI is InChI=1S/C19H20O2/c1-3-8-15(9-4-1)14-20-17-12-7-13-19(18(17)21-19)16-10-5-2-6-11-16/h1-6,8-11,17-18H,7,12-14H2/t17-,18-,19-/m0/s1. The first-order valence-corrected chi connectivity index (χ1v) is 7.77. The van der Waals surface area contributed by atoms with Crippen LogP contribution in [0, 0.1) is 0 Å². The highest BCUT2D eigenvalue weighted by Crippen LogP contribution is 2.56. The molecular formula is C19H20O2. The van der Waals surface area contributed by atoms with Gasteiger partial charge >= 0.3 is 0 Å². The summed E-state index contributed by atoms with van der Waals surface area (Å²) in [5, 5.41) is 0. The summed E-state index contributed by atoms with van der Waals surface area (Å²) in [6.07, 6.45) is 3.85. The van der Waals surface area contributed by atoms with E-state index >= 15 is 0 Å². The molecule has 3 atom stereocenters. The molecule has 1 heterocycles. The average Bonchev–Trinajstić information content (AvgIpc) is 3.31. The van der Waals surface area contributed by atoms with E-state index in [4.69, 9.17) is 9.47 Å². The van der Waals surface area contributed by atoms with E-state index in [0.717, 1.165) is 12.8 Å². The van der Waals surface area contributed by atoms with E-state index in [1.54, 1.807) is 0 Å². The van der Waals surface area contributed by atoms with Crippen molar-refractivity contribution in [1.29, 1.82) is 0 Å². The molecule has 0 bridgehead atoms. The van der Waals surface area contributed by atoms with Gasteiger partial charge in [-0.05, 0) is 30.4 Å². The van der Waals surface area contributed by atoms with Crippen LogP contribution in [0.3, 0.4) is 0 Å². The third-order valence-corrected chi connectivity index (χ3v) is 4.68. The third-order valence-electron chi connectivity index (χ3n) is 4.68. The van der Waals surface area contributed by atoms with Gasteiger partial charge in [0, 0.05) is 0 Å². The third kappa shape index (κ3) is 2.39. The van der Waals surface area contributed by atoms with E-state index in [-0.39, 0.29) is 17.8 Å². The van der Waals surface area contributed by atoms with Crippen LogP contribution in [0.2, 0.25) is 0 Å². The summed E-state index contributed by atoms with van der Waals surface area (Å²) in [5.41, 5.74) is 2.47. The Hall–Kier alpha value is -1.64. The van der Waals surface area contributed by atoms with Gasteiger partial charge in [-0.25, -0.2) is 0 Å². The van der Waals surface area contributed by atoms with Gasteiger partial charge in [0.05, 0.1) is 12.7 Å². The Morgan fingerprint density at radius 1 is 1.00 bits per heavy atom. The molecule has 0 spiro atoms. The maximum Gasteiger partial charge on any atom is 0.122 e. The van der Waals surface area contributed by atoms with Crippen LogP contribution in [0.4, 0.5) is 0 Å². The maximum atomic E-state index is 6.14. The van der Waals surface area contributed by atoms with E-state index in [9.17, 15) is 0 Å². The van der Waals surface area contributed by atoms with Crippen LogP contribution in [0.25, 0.3) is 0 Å². The van der Waals surface area contributed by atoms with Gasteiger partial charge in [0.2, 0.25) is 0 Å². The highest BCUT2D eigenvalue weighted by Gasteiger charge is 2.62. The van der Waals surface area contributed by atoms with Crippen molar-refractivity contribution in [3.05, 3.63) is 71.8 Å². The molecular weight excluding hydrogens is 260 g/mol. The molecule has 1 saturated carbocycles. The van der Waals surface area contributed by atoms with E-state index in [1.807, 2.05) is 6.07 Å². The zero-order valence-electron chi connectivity index (χ0n) is 12.1. The second-order valence-corrected chi connectivity index (χ2v) is 6.02. The number of epoxide rings is 1. The summed E-state index contributed by atoms with van der Waals surface area (Å²) in [6.45, 7) is 0.677. The Morgan fingerprint density at radius 3 is 2.48 bits per heavy atom. The van der Waals surface area contributed by atoms with Gasteiger partial charge in [-0.2, -0.15) is 0 Å². The fourth-order valence-electron chi connectivity index (χ4n) is 3.53. The minimum Gasteiger partial charge on any atom is -0.371 e. The van der Waals surface area contributed by atoms with E-state index in [2.05, 4.69) is 54.6 Å². The van der Waals surface area contributed by atoms with E-state index < -0.39 is 0 Å². The maximum absolute atomic E-state index is 6.14. The molecule has 0 aromatic heterocycles. The summed E-state index contributed by atoms with van der Waals surface area (Å²) >= 11 is 0. The minimum absolute atomic E-state index is 0.0686. The number of ether oxygens (including phenoxy) is 2. The number of benzene rings is 2. The second-order valence-electron chi connectivity index (χ2n) is 6.02. The lowest BCUT2D eigenvalue weighted by Crippen LogP contribution is -2.30. The zero-order chi connectivity index (χ0) is 14.1. The lowest BCUT2D eigenvalue weighted by Gasteiger charge is -2.24. The molecule has 0 N–H and O–H groups in total. The van der Waals surface area contributed by atoms with Crippen molar-refractivity contribution in [2.45, 2.75) is 43.7 Å². The number of rotatable bonds is 4. The minimum atomic E-state index is -0.0686. The quantitative estimate of drug-likeness (QED) is 0.788. The largest absolute Gasteiger partial charge is 0.371 e. The highest BCUT2D eigenvalue weighted by atomic mass is 16.6. The van der Waals surface area contributed by atoms with Gasteiger partial charge in [0.25, 0.3) is 0 Å². The number of fused-ring (bicyclic) bond motifs is 1. The molecule has 21 heavy (non-hydrogen) atoms. The SMILES string of the molecule is c1ccc(CO[C@H]2CCC[C@@]3(c4ccccc4)O[C@@H]23)cc1. The summed E-state index contributed by atoms with van der Waals surface area (Å²) in [7, 11) is 0. The van der Waals surface area contributed by atoms with Gasteiger partial charge in [-0.1, -0.05) is 60.7 Å². The molecule has 0 amide bonds. The lowest BCUT2D eigenvalue weighted by molar-refractivity contribution is 0.0120. The average molecular weight is 280 g/mol. The molecule has 2 nitrogen and oxygen atoms in total. The number of hydrogen-bond donors (Lipinski definition) is 0. The van der Waals surface area contributed by atoms with Crippen molar-refractivity contribution in [2.75, 3.05) is 0 Å². The molecule has 1 aliphatic heterocycles. The normalized spacial score (nSPS) is 30.7. The Bertz CT molecular complexity index is 595. The summed E-state index contributed by atoms with van der Waals surface area (Å²) in [6, 6.07) is 21.0. The first-order chi connectivity index (χ1) is 10.4. The summed E-state index contributed by atoms with van der Waals surface area (Å²) < 4.78 is 12.3. The van der Waals surface area contributed by atoms with Gasteiger partial charge in [-0.3, -0.25) is 0 Å². The van der Waals surface area contributed by atoms with Crippen molar-refractivity contribution in [3.8, 4) is 0 Å². The smallest absolute Gasteiger partial charge is 0.122 e. The molecule has 1 aliphatic carbocycles. The van der Waals surface area contributed by atoms with Crippen LogP contribution in [0.5, 0.6) is 0 Å². The Morgan fingerprint density at radius 2 is 1.71 bits per heavy atom. The van der Waals surface area contributed by atoms with E-state index in [0.29, 0.717) is 6.61 Å². The summed E-state index contributed by atoms with van der Waals surface area (Å²) in [4.78, 5) is 0. The first-order valence-electron chi connectivity index (χ1n) is 7.77.